The van der Waals surface area contributed by atoms with Crippen molar-refractivity contribution in [1.29, 1.82) is 0 Å². The number of rotatable bonds is 10. The molecule has 1 saturated heterocycles. The second kappa shape index (κ2) is 11.4. The van der Waals surface area contributed by atoms with Crippen LogP contribution in [0.1, 0.15) is 11.3 Å². The van der Waals surface area contributed by atoms with Crippen LogP contribution in [0.25, 0.3) is 0 Å². The van der Waals surface area contributed by atoms with E-state index in [2.05, 4.69) is 25.5 Å². The molecule has 3 rings (SSSR count). The molecule has 1 fully saturated rings. The van der Waals surface area contributed by atoms with E-state index >= 15 is 0 Å². The molecule has 1 aliphatic heterocycles. The SMILES string of the molecule is COC(=O)[C@@H]1[C@H](NC(=O)C(=NOCc2ccccc2)c2csc(NC(=O)CCl)n2)C(=O)N1S(=O)(=O)O. The molecule has 0 unspecified atom stereocenters. The number of carbonyl (C=O) groups excluding carboxylic acids is 4. The molecule has 192 valence electrons. The molecule has 17 heteroatoms. The number of amides is 3. The van der Waals surface area contributed by atoms with Gasteiger partial charge in [0.25, 0.3) is 11.8 Å². The number of oxime groups is 1. The summed E-state index contributed by atoms with van der Waals surface area (Å²) < 4.78 is 36.6. The number of thiazole rings is 1. The molecule has 36 heavy (non-hydrogen) atoms. The number of methoxy groups -OCH3 is 1. The van der Waals surface area contributed by atoms with Gasteiger partial charge in [-0.25, -0.2) is 9.78 Å². The lowest BCUT2D eigenvalue weighted by molar-refractivity contribution is -0.162. The molecule has 2 heterocycles. The third-order valence-corrected chi connectivity index (χ3v) is 6.49. The second-order valence-electron chi connectivity index (χ2n) is 6.95. The van der Waals surface area contributed by atoms with Gasteiger partial charge in [-0.3, -0.25) is 18.9 Å². The van der Waals surface area contributed by atoms with Gasteiger partial charge in [0, 0.05) is 5.38 Å². The number of hydrogen-bond acceptors (Lipinski definition) is 11. The summed E-state index contributed by atoms with van der Waals surface area (Å²) in [5.41, 5.74) is 0.205. The Balaban J connectivity index is 1.86. The van der Waals surface area contributed by atoms with Crippen molar-refractivity contribution in [3.8, 4) is 0 Å². The molecule has 0 saturated carbocycles. The number of benzene rings is 1. The molecule has 1 aromatic heterocycles. The summed E-state index contributed by atoms with van der Waals surface area (Å²) >= 11 is 6.40. The van der Waals surface area contributed by atoms with Gasteiger partial charge >= 0.3 is 16.3 Å². The van der Waals surface area contributed by atoms with Crippen LogP contribution in [0.4, 0.5) is 5.13 Å². The molecule has 0 radical (unpaired) electrons. The third kappa shape index (κ3) is 6.14. The van der Waals surface area contributed by atoms with Crippen LogP contribution in [0.5, 0.6) is 0 Å². The zero-order chi connectivity index (χ0) is 26.5. The van der Waals surface area contributed by atoms with E-state index < -0.39 is 51.8 Å². The number of anilines is 1. The molecule has 0 spiro atoms. The smallest absolute Gasteiger partial charge is 0.363 e. The van der Waals surface area contributed by atoms with Crippen molar-refractivity contribution in [2.45, 2.75) is 18.7 Å². The van der Waals surface area contributed by atoms with E-state index in [0.29, 0.717) is 0 Å². The minimum absolute atomic E-state index is 0.0404. The first-order valence-electron chi connectivity index (χ1n) is 9.81. The Bertz CT molecular complexity index is 1300. The molecule has 1 aromatic carbocycles. The Labute approximate surface area is 213 Å². The molecule has 2 atom stereocenters. The van der Waals surface area contributed by atoms with E-state index in [1.807, 2.05) is 0 Å². The van der Waals surface area contributed by atoms with Crippen molar-refractivity contribution in [2.24, 2.45) is 5.16 Å². The average molecular weight is 560 g/mol. The first-order valence-corrected chi connectivity index (χ1v) is 12.6. The first kappa shape index (κ1) is 27.0. The number of nitrogens with zero attached hydrogens (tertiary/aromatic N) is 3. The van der Waals surface area contributed by atoms with Gasteiger partial charge in [0.2, 0.25) is 5.91 Å². The minimum Gasteiger partial charge on any atom is -0.467 e. The van der Waals surface area contributed by atoms with Crippen LogP contribution in [0.15, 0.2) is 40.9 Å². The molecule has 3 N–H and O–H groups in total. The predicted molar refractivity (Wildman–Crippen MR) is 125 cm³/mol. The largest absolute Gasteiger partial charge is 0.467 e. The number of aromatic nitrogens is 1. The van der Waals surface area contributed by atoms with Crippen molar-refractivity contribution < 1.29 is 41.7 Å². The molecular formula is C19H18ClN5O9S2. The lowest BCUT2D eigenvalue weighted by Crippen LogP contribution is -2.74. The molecular weight excluding hydrogens is 542 g/mol. The van der Waals surface area contributed by atoms with Crippen molar-refractivity contribution >= 4 is 67.8 Å². The van der Waals surface area contributed by atoms with Gasteiger partial charge in [0.05, 0.1) is 7.11 Å². The highest BCUT2D eigenvalue weighted by atomic mass is 35.5. The Morgan fingerprint density at radius 2 is 1.97 bits per heavy atom. The van der Waals surface area contributed by atoms with Gasteiger partial charge in [0.1, 0.15) is 24.2 Å². The lowest BCUT2D eigenvalue weighted by atomic mass is 9.98. The first-order chi connectivity index (χ1) is 17.1. The maximum Gasteiger partial charge on any atom is 0.363 e. The van der Waals surface area contributed by atoms with Crippen LogP contribution in [0, 0.1) is 0 Å². The lowest BCUT2D eigenvalue weighted by Gasteiger charge is -2.41. The van der Waals surface area contributed by atoms with E-state index in [9.17, 15) is 32.1 Å². The number of nitrogens with one attached hydrogen (secondary N) is 2. The highest BCUT2D eigenvalue weighted by Gasteiger charge is 2.58. The van der Waals surface area contributed by atoms with Gasteiger partial charge in [-0.2, -0.15) is 12.7 Å². The molecule has 0 bridgehead atoms. The minimum atomic E-state index is -5.10. The summed E-state index contributed by atoms with van der Waals surface area (Å²) in [6.45, 7) is -0.0404. The maximum absolute atomic E-state index is 13.0. The highest BCUT2D eigenvalue weighted by molar-refractivity contribution is 7.84. The maximum atomic E-state index is 13.0. The van der Waals surface area contributed by atoms with Gasteiger partial charge in [-0.1, -0.05) is 35.5 Å². The van der Waals surface area contributed by atoms with Gasteiger partial charge in [-0.05, 0) is 5.56 Å². The summed E-state index contributed by atoms with van der Waals surface area (Å²) in [5, 5.41) is 9.83. The summed E-state index contributed by atoms with van der Waals surface area (Å²) in [6.07, 6.45) is 0. The molecule has 1 aliphatic rings. The standard InChI is InChI=1S/C19H18ClN5O9S2/c1-33-18(29)15-14(17(28)25(15)36(30,31)32)23-16(27)13(24-34-8-10-5-3-2-4-6-10)11-9-35-19(21-11)22-12(26)7-20/h2-6,9,14-15H,7-8H2,1H3,(H,23,27)(H,21,22,26)(H,30,31,32)/t14-,15-/m0/s1. The molecule has 2 aromatic rings. The Morgan fingerprint density at radius 3 is 2.58 bits per heavy atom. The number of alkyl halides is 1. The molecule has 14 nitrogen and oxygen atoms in total. The zero-order valence-electron chi connectivity index (χ0n) is 18.3. The molecule has 0 aliphatic carbocycles. The van der Waals surface area contributed by atoms with E-state index in [0.717, 1.165) is 24.0 Å². The topological polar surface area (TPSA) is 194 Å². The van der Waals surface area contributed by atoms with Gasteiger partial charge in [-0.15, -0.1) is 22.9 Å². The summed E-state index contributed by atoms with van der Waals surface area (Å²) in [4.78, 5) is 58.2. The summed E-state index contributed by atoms with van der Waals surface area (Å²) in [6, 6.07) is 5.27. The van der Waals surface area contributed by atoms with Crippen molar-refractivity contribution in [2.75, 3.05) is 18.3 Å². The van der Waals surface area contributed by atoms with Crippen molar-refractivity contribution in [3.05, 3.63) is 47.0 Å². The van der Waals surface area contributed by atoms with Gasteiger partial charge in [0.15, 0.2) is 16.9 Å². The number of β-lactam (4-membered cyclic amide) rings is 1. The molecule has 3 amide bonds. The number of carbonyl (C=O) groups is 4. The fourth-order valence-electron chi connectivity index (χ4n) is 2.97. The van der Waals surface area contributed by atoms with E-state index in [1.165, 1.54) is 5.38 Å². The van der Waals surface area contributed by atoms with E-state index in [4.69, 9.17) is 16.4 Å². The third-order valence-electron chi connectivity index (χ3n) is 4.59. The van der Waals surface area contributed by atoms with Crippen LogP contribution < -0.4 is 10.6 Å². The monoisotopic (exact) mass is 559 g/mol. The van der Waals surface area contributed by atoms with Crippen molar-refractivity contribution in [3.63, 3.8) is 0 Å². The predicted octanol–water partition coefficient (Wildman–Crippen LogP) is -0.0873. The number of hydrogen-bond donors (Lipinski definition) is 3. The Hall–Kier alpha value is -3.60. The van der Waals surface area contributed by atoms with Gasteiger partial charge < -0.3 is 20.2 Å². The van der Waals surface area contributed by atoms with Crippen LogP contribution in [0.3, 0.4) is 0 Å². The fraction of sp³-hybridized carbons (Fsp3) is 0.263. The summed E-state index contributed by atoms with van der Waals surface area (Å²) in [7, 11) is -4.17. The number of esters is 1. The normalized spacial score (nSPS) is 17.7. The fourth-order valence-corrected chi connectivity index (χ4v) is 4.58. The highest BCUT2D eigenvalue weighted by Crippen LogP contribution is 2.25. The number of halogens is 1. The van der Waals surface area contributed by atoms with Crippen LogP contribution in [0.2, 0.25) is 0 Å². The second-order valence-corrected chi connectivity index (χ2v) is 9.36. The number of ether oxygens (including phenoxy) is 1. The van der Waals surface area contributed by atoms with Crippen LogP contribution in [-0.4, -0.2) is 76.7 Å². The quantitative estimate of drug-likeness (QED) is 0.0884. The average Bonchev–Trinajstić information content (AvgIpc) is 3.30. The summed E-state index contributed by atoms with van der Waals surface area (Å²) in [5.74, 6) is -4.42. The zero-order valence-corrected chi connectivity index (χ0v) is 20.7. The van der Waals surface area contributed by atoms with E-state index in [-0.39, 0.29) is 27.6 Å². The van der Waals surface area contributed by atoms with E-state index in [1.54, 1.807) is 30.3 Å². The Kier molecular flexibility index (Phi) is 8.57. The van der Waals surface area contributed by atoms with Crippen LogP contribution >= 0.6 is 22.9 Å². The Morgan fingerprint density at radius 1 is 1.28 bits per heavy atom. The van der Waals surface area contributed by atoms with Crippen LogP contribution in [-0.2, 0) is 45.7 Å². The van der Waals surface area contributed by atoms with Crippen molar-refractivity contribution in [1.82, 2.24) is 14.6 Å².